The first-order valence-corrected chi connectivity index (χ1v) is 5.16. The van der Waals surface area contributed by atoms with Gasteiger partial charge in [-0.25, -0.2) is 0 Å². The van der Waals surface area contributed by atoms with Gasteiger partial charge in [-0.05, 0) is 25.9 Å². The van der Waals surface area contributed by atoms with Gasteiger partial charge in [-0.3, -0.25) is 9.36 Å². The summed E-state index contributed by atoms with van der Waals surface area (Å²) in [7, 11) is -3.13. The number of hydrogen-bond acceptors (Lipinski definition) is 3. The van der Waals surface area contributed by atoms with E-state index in [4.69, 9.17) is 24.3 Å². The van der Waals surface area contributed by atoms with E-state index < -0.39 is 8.25 Å². The van der Waals surface area contributed by atoms with Crippen LogP contribution in [-0.4, -0.2) is 34.5 Å². The summed E-state index contributed by atoms with van der Waals surface area (Å²) < 4.78 is 8.74. The topological polar surface area (TPSA) is 107 Å². The van der Waals surface area contributed by atoms with Crippen LogP contribution in [0.2, 0.25) is 0 Å². The Morgan fingerprint density at radius 2 is 1.46 bits per heavy atom. The SMILES string of the molecule is C1CCNCC1.O=CO.O=[PH](O)O. The molecule has 1 saturated heterocycles. The maximum Gasteiger partial charge on any atom is 0.314 e. The van der Waals surface area contributed by atoms with Crippen LogP contribution in [0.25, 0.3) is 0 Å². The highest BCUT2D eigenvalue weighted by molar-refractivity contribution is 7.30. The molecule has 1 rings (SSSR count). The molecule has 0 spiro atoms. The zero-order valence-corrected chi connectivity index (χ0v) is 8.27. The highest BCUT2D eigenvalue weighted by Crippen LogP contribution is 1.98. The molecular weight excluding hydrogens is 197 g/mol. The van der Waals surface area contributed by atoms with E-state index in [-0.39, 0.29) is 6.47 Å². The van der Waals surface area contributed by atoms with Crippen LogP contribution in [-0.2, 0) is 9.36 Å². The quantitative estimate of drug-likeness (QED) is 0.328. The van der Waals surface area contributed by atoms with Gasteiger partial charge in [0, 0.05) is 0 Å². The molecule has 0 saturated carbocycles. The fourth-order valence-electron chi connectivity index (χ4n) is 0.802. The minimum Gasteiger partial charge on any atom is -0.483 e. The molecule has 0 aromatic heterocycles. The van der Waals surface area contributed by atoms with E-state index in [1.807, 2.05) is 0 Å². The molecule has 0 aromatic carbocycles. The molecule has 0 aromatic rings. The number of rotatable bonds is 0. The molecule has 1 aliphatic rings. The fraction of sp³-hybridized carbons (Fsp3) is 0.833. The Hall–Kier alpha value is -0.420. The van der Waals surface area contributed by atoms with E-state index in [2.05, 4.69) is 5.32 Å². The van der Waals surface area contributed by atoms with E-state index in [1.165, 1.54) is 32.4 Å². The van der Waals surface area contributed by atoms with Crippen LogP contribution in [0.1, 0.15) is 19.3 Å². The molecule has 1 aliphatic heterocycles. The third-order valence-corrected chi connectivity index (χ3v) is 1.21. The second-order valence-electron chi connectivity index (χ2n) is 2.20. The lowest BCUT2D eigenvalue weighted by Gasteiger charge is -2.08. The lowest BCUT2D eigenvalue weighted by atomic mass is 10.2. The van der Waals surface area contributed by atoms with E-state index in [9.17, 15) is 0 Å². The molecule has 4 N–H and O–H groups in total. The first kappa shape index (κ1) is 15.1. The minimum atomic E-state index is -3.13. The summed E-state index contributed by atoms with van der Waals surface area (Å²) >= 11 is 0. The van der Waals surface area contributed by atoms with Crippen molar-refractivity contribution in [1.82, 2.24) is 5.32 Å². The van der Waals surface area contributed by atoms with Crippen LogP contribution >= 0.6 is 8.25 Å². The molecule has 0 atom stereocenters. The molecule has 80 valence electrons. The van der Waals surface area contributed by atoms with Crippen molar-refractivity contribution < 1.29 is 24.3 Å². The van der Waals surface area contributed by atoms with Crippen LogP contribution in [0.5, 0.6) is 0 Å². The second kappa shape index (κ2) is 14.1. The number of nitrogens with one attached hydrogen (secondary N) is 1. The van der Waals surface area contributed by atoms with Gasteiger partial charge in [0.1, 0.15) is 0 Å². The van der Waals surface area contributed by atoms with Crippen LogP contribution < -0.4 is 5.32 Å². The van der Waals surface area contributed by atoms with Gasteiger partial charge in [0.2, 0.25) is 0 Å². The summed E-state index contributed by atoms with van der Waals surface area (Å²) in [5.41, 5.74) is 0. The highest BCUT2D eigenvalue weighted by Gasteiger charge is 1.93. The Balaban J connectivity index is 0. The smallest absolute Gasteiger partial charge is 0.314 e. The van der Waals surface area contributed by atoms with Crippen molar-refractivity contribution in [3.8, 4) is 0 Å². The molecule has 13 heavy (non-hydrogen) atoms. The Labute approximate surface area is 77.5 Å². The fourth-order valence-corrected chi connectivity index (χ4v) is 0.802. The Morgan fingerprint density at radius 3 is 1.54 bits per heavy atom. The van der Waals surface area contributed by atoms with Gasteiger partial charge in [-0.15, -0.1) is 0 Å². The number of carboxylic acid groups (broad SMARTS) is 1. The normalized spacial score (nSPS) is 14.7. The predicted octanol–water partition coefficient (Wildman–Crippen LogP) is -0.179. The van der Waals surface area contributed by atoms with Gasteiger partial charge in [-0.2, -0.15) is 0 Å². The van der Waals surface area contributed by atoms with Gasteiger partial charge in [0.15, 0.2) is 0 Å². The molecule has 7 heteroatoms. The van der Waals surface area contributed by atoms with Crippen LogP contribution in [0.15, 0.2) is 0 Å². The molecule has 0 bridgehead atoms. The van der Waals surface area contributed by atoms with Gasteiger partial charge in [-0.1, -0.05) is 6.42 Å². The van der Waals surface area contributed by atoms with Crippen molar-refractivity contribution >= 4 is 14.7 Å². The molecule has 0 aliphatic carbocycles. The summed E-state index contributed by atoms with van der Waals surface area (Å²) in [4.78, 5) is 22.7. The van der Waals surface area contributed by atoms with Crippen molar-refractivity contribution in [2.45, 2.75) is 19.3 Å². The molecule has 1 heterocycles. The molecule has 0 radical (unpaired) electrons. The summed E-state index contributed by atoms with van der Waals surface area (Å²) in [6.07, 6.45) is 4.22. The van der Waals surface area contributed by atoms with Gasteiger partial charge in [0.05, 0.1) is 0 Å². The molecule has 0 amide bonds. The number of carbonyl (C=O) groups is 1. The summed E-state index contributed by atoms with van der Waals surface area (Å²) in [5.74, 6) is 0. The zero-order chi connectivity index (χ0) is 10.5. The van der Waals surface area contributed by atoms with Crippen molar-refractivity contribution in [2.75, 3.05) is 13.1 Å². The molecule has 6 nitrogen and oxygen atoms in total. The first-order valence-electron chi connectivity index (χ1n) is 3.85. The van der Waals surface area contributed by atoms with E-state index in [0.29, 0.717) is 0 Å². The molecular formula is C6H16NO5P. The van der Waals surface area contributed by atoms with Gasteiger partial charge >= 0.3 is 8.25 Å². The van der Waals surface area contributed by atoms with Crippen molar-refractivity contribution in [3.05, 3.63) is 0 Å². The standard InChI is InChI=1S/C5H11N.CH2O2.H3O3P/c1-2-4-6-5-3-1;2-1-3;1-4(2)3/h6H,1-5H2;1H,(H,2,3);4H,(H2,1,2,3). The Morgan fingerprint density at radius 1 is 1.15 bits per heavy atom. The van der Waals surface area contributed by atoms with E-state index in [0.717, 1.165) is 0 Å². The average Bonchev–Trinajstić information content (AvgIpc) is 2.08. The average molecular weight is 213 g/mol. The maximum atomic E-state index is 8.74. The highest BCUT2D eigenvalue weighted by atomic mass is 31.1. The maximum absolute atomic E-state index is 8.74. The zero-order valence-electron chi connectivity index (χ0n) is 7.27. The van der Waals surface area contributed by atoms with Crippen LogP contribution in [0.4, 0.5) is 0 Å². The van der Waals surface area contributed by atoms with Crippen molar-refractivity contribution in [3.63, 3.8) is 0 Å². The Bertz CT molecular complexity index is 113. The van der Waals surface area contributed by atoms with Gasteiger partial charge in [0.25, 0.3) is 6.47 Å². The van der Waals surface area contributed by atoms with E-state index >= 15 is 0 Å². The number of piperidine rings is 1. The van der Waals surface area contributed by atoms with E-state index in [1.54, 1.807) is 0 Å². The second-order valence-corrected chi connectivity index (χ2v) is 2.76. The number of hydrogen-bond donors (Lipinski definition) is 4. The largest absolute Gasteiger partial charge is 0.483 e. The molecule has 1 fully saturated rings. The lowest BCUT2D eigenvalue weighted by molar-refractivity contribution is -0.122. The Kier molecular flexibility index (Phi) is 16.4. The predicted molar refractivity (Wildman–Crippen MR) is 48.9 cm³/mol. The van der Waals surface area contributed by atoms with Crippen LogP contribution in [0, 0.1) is 0 Å². The monoisotopic (exact) mass is 213 g/mol. The summed E-state index contributed by atoms with van der Waals surface area (Å²) in [5, 5.41) is 10.2. The lowest BCUT2D eigenvalue weighted by Crippen LogP contribution is -2.21. The minimum absolute atomic E-state index is 0.250. The summed E-state index contributed by atoms with van der Waals surface area (Å²) in [6, 6.07) is 0. The first-order chi connectivity index (χ1) is 6.15. The van der Waals surface area contributed by atoms with Crippen molar-refractivity contribution in [1.29, 1.82) is 0 Å². The van der Waals surface area contributed by atoms with Gasteiger partial charge < -0.3 is 20.2 Å². The van der Waals surface area contributed by atoms with Crippen LogP contribution in [0.3, 0.4) is 0 Å². The summed E-state index contributed by atoms with van der Waals surface area (Å²) in [6.45, 7) is 2.25. The van der Waals surface area contributed by atoms with Crippen molar-refractivity contribution in [2.24, 2.45) is 0 Å². The molecule has 0 unspecified atom stereocenters. The third-order valence-electron chi connectivity index (χ3n) is 1.21. The third kappa shape index (κ3) is 34.1.